The summed E-state index contributed by atoms with van der Waals surface area (Å²) in [6.07, 6.45) is 0. The predicted octanol–water partition coefficient (Wildman–Crippen LogP) is 6.42. The van der Waals surface area contributed by atoms with Crippen molar-refractivity contribution in [3.63, 3.8) is 0 Å². The maximum Gasteiger partial charge on any atom is 0.124 e. The van der Waals surface area contributed by atoms with E-state index in [1.165, 1.54) is 5.56 Å². The minimum atomic E-state index is 0.232. The van der Waals surface area contributed by atoms with Crippen molar-refractivity contribution >= 4 is 23.2 Å². The summed E-state index contributed by atoms with van der Waals surface area (Å²) in [5.41, 5.74) is 3.31. The van der Waals surface area contributed by atoms with E-state index in [4.69, 9.17) is 27.9 Å². The van der Waals surface area contributed by atoms with Crippen LogP contribution >= 0.6 is 23.2 Å². The lowest BCUT2D eigenvalue weighted by atomic mass is 10.1. The van der Waals surface area contributed by atoms with E-state index in [0.29, 0.717) is 23.2 Å². The van der Waals surface area contributed by atoms with Gasteiger partial charge in [-0.05, 0) is 48.4 Å². The molecule has 0 aromatic heterocycles. The Balaban J connectivity index is 1.67. The zero-order chi connectivity index (χ0) is 18.4. The maximum absolute atomic E-state index is 6.19. The SMILES string of the molecule is C[C@H](NCc1cc(Cl)ccc1OCc1cccc(Cl)c1)c1ccccc1. The van der Waals surface area contributed by atoms with Gasteiger partial charge in [0, 0.05) is 28.2 Å². The summed E-state index contributed by atoms with van der Waals surface area (Å²) in [6.45, 7) is 3.28. The highest BCUT2D eigenvalue weighted by Gasteiger charge is 2.09. The molecule has 1 N–H and O–H groups in total. The fraction of sp³-hybridized carbons (Fsp3) is 0.182. The summed E-state index contributed by atoms with van der Waals surface area (Å²) in [7, 11) is 0. The van der Waals surface area contributed by atoms with Crippen LogP contribution in [0.5, 0.6) is 5.75 Å². The fourth-order valence-corrected chi connectivity index (χ4v) is 3.15. The topological polar surface area (TPSA) is 21.3 Å². The van der Waals surface area contributed by atoms with E-state index in [0.717, 1.165) is 16.9 Å². The molecule has 26 heavy (non-hydrogen) atoms. The van der Waals surface area contributed by atoms with Crippen LogP contribution in [0.1, 0.15) is 29.7 Å². The van der Waals surface area contributed by atoms with Crippen molar-refractivity contribution in [1.29, 1.82) is 0 Å². The Bertz CT molecular complexity index is 852. The molecule has 2 nitrogen and oxygen atoms in total. The first-order valence-corrected chi connectivity index (χ1v) is 9.31. The smallest absolute Gasteiger partial charge is 0.124 e. The van der Waals surface area contributed by atoms with E-state index in [9.17, 15) is 0 Å². The lowest BCUT2D eigenvalue weighted by molar-refractivity contribution is 0.301. The van der Waals surface area contributed by atoms with Crippen molar-refractivity contribution in [3.05, 3.63) is 99.5 Å². The highest BCUT2D eigenvalue weighted by molar-refractivity contribution is 6.30. The third-order valence-electron chi connectivity index (χ3n) is 4.20. The van der Waals surface area contributed by atoms with E-state index in [1.54, 1.807) is 0 Å². The second-order valence-corrected chi connectivity index (χ2v) is 7.06. The first kappa shape index (κ1) is 18.8. The first-order chi connectivity index (χ1) is 12.6. The highest BCUT2D eigenvalue weighted by Crippen LogP contribution is 2.25. The Morgan fingerprint density at radius 1 is 0.885 bits per heavy atom. The van der Waals surface area contributed by atoms with Crippen molar-refractivity contribution in [2.45, 2.75) is 26.1 Å². The molecule has 3 aromatic rings. The summed E-state index contributed by atoms with van der Waals surface area (Å²) in [5, 5.41) is 4.94. The third kappa shape index (κ3) is 5.25. The van der Waals surface area contributed by atoms with Gasteiger partial charge in [0.2, 0.25) is 0 Å². The van der Waals surface area contributed by atoms with Gasteiger partial charge < -0.3 is 10.1 Å². The second-order valence-electron chi connectivity index (χ2n) is 6.18. The van der Waals surface area contributed by atoms with Gasteiger partial charge in [0.15, 0.2) is 0 Å². The van der Waals surface area contributed by atoms with Crippen LogP contribution in [-0.4, -0.2) is 0 Å². The molecule has 0 heterocycles. The van der Waals surface area contributed by atoms with Crippen molar-refractivity contribution in [2.24, 2.45) is 0 Å². The van der Waals surface area contributed by atoms with Gasteiger partial charge in [-0.25, -0.2) is 0 Å². The summed E-state index contributed by atoms with van der Waals surface area (Å²) in [5.74, 6) is 0.821. The van der Waals surface area contributed by atoms with Crippen LogP contribution in [0, 0.1) is 0 Å². The van der Waals surface area contributed by atoms with Crippen molar-refractivity contribution < 1.29 is 4.74 Å². The Morgan fingerprint density at radius 3 is 2.42 bits per heavy atom. The largest absolute Gasteiger partial charge is 0.489 e. The normalized spacial score (nSPS) is 12.0. The molecule has 1 atom stereocenters. The van der Waals surface area contributed by atoms with Crippen LogP contribution in [0.25, 0.3) is 0 Å². The van der Waals surface area contributed by atoms with Gasteiger partial charge >= 0.3 is 0 Å². The Morgan fingerprint density at radius 2 is 1.65 bits per heavy atom. The van der Waals surface area contributed by atoms with Crippen LogP contribution < -0.4 is 10.1 Å². The average Bonchev–Trinajstić information content (AvgIpc) is 2.66. The number of benzene rings is 3. The van der Waals surface area contributed by atoms with Gasteiger partial charge in [0.1, 0.15) is 12.4 Å². The number of hydrogen-bond acceptors (Lipinski definition) is 2. The van der Waals surface area contributed by atoms with Gasteiger partial charge in [0.25, 0.3) is 0 Å². The molecule has 3 aromatic carbocycles. The van der Waals surface area contributed by atoms with Crippen LogP contribution in [-0.2, 0) is 13.2 Å². The van der Waals surface area contributed by atoms with E-state index < -0.39 is 0 Å². The molecule has 0 saturated carbocycles. The van der Waals surface area contributed by atoms with Gasteiger partial charge in [-0.1, -0.05) is 65.7 Å². The lowest BCUT2D eigenvalue weighted by Crippen LogP contribution is -2.18. The minimum absolute atomic E-state index is 0.232. The molecule has 0 aliphatic heterocycles. The predicted molar refractivity (Wildman–Crippen MR) is 109 cm³/mol. The standard InChI is InChI=1S/C22H21Cl2NO/c1-16(18-7-3-2-4-8-18)25-14-19-13-21(24)10-11-22(19)26-15-17-6-5-9-20(23)12-17/h2-13,16,25H,14-15H2,1H3/t16-/m0/s1. The van der Waals surface area contributed by atoms with E-state index >= 15 is 0 Å². The minimum Gasteiger partial charge on any atom is -0.489 e. The number of nitrogens with one attached hydrogen (secondary N) is 1. The highest BCUT2D eigenvalue weighted by atomic mass is 35.5. The van der Waals surface area contributed by atoms with E-state index in [-0.39, 0.29) is 6.04 Å². The summed E-state index contributed by atoms with van der Waals surface area (Å²) < 4.78 is 6.01. The van der Waals surface area contributed by atoms with Crippen LogP contribution in [0.4, 0.5) is 0 Å². The molecule has 3 rings (SSSR count). The Labute approximate surface area is 164 Å². The molecule has 0 fully saturated rings. The Hall–Kier alpha value is -2.00. The van der Waals surface area contributed by atoms with Gasteiger partial charge in [-0.2, -0.15) is 0 Å². The third-order valence-corrected chi connectivity index (χ3v) is 4.67. The van der Waals surface area contributed by atoms with E-state index in [1.807, 2.05) is 60.7 Å². The number of halogens is 2. The second kappa shape index (κ2) is 9.09. The molecule has 0 spiro atoms. The van der Waals surface area contributed by atoms with Crippen molar-refractivity contribution in [3.8, 4) is 5.75 Å². The van der Waals surface area contributed by atoms with Crippen molar-refractivity contribution in [1.82, 2.24) is 5.32 Å². The van der Waals surface area contributed by atoms with Crippen LogP contribution in [0.3, 0.4) is 0 Å². The Kier molecular flexibility index (Phi) is 6.56. The zero-order valence-electron chi connectivity index (χ0n) is 14.6. The lowest BCUT2D eigenvalue weighted by Gasteiger charge is -2.17. The summed E-state index contributed by atoms with van der Waals surface area (Å²) in [6, 6.07) is 24.0. The first-order valence-electron chi connectivity index (χ1n) is 8.56. The van der Waals surface area contributed by atoms with Gasteiger partial charge in [-0.3, -0.25) is 0 Å². The number of rotatable bonds is 7. The van der Waals surface area contributed by atoms with E-state index in [2.05, 4.69) is 24.4 Å². The molecule has 0 aliphatic rings. The molecule has 0 saturated heterocycles. The summed E-state index contributed by atoms with van der Waals surface area (Å²) in [4.78, 5) is 0. The summed E-state index contributed by atoms with van der Waals surface area (Å²) >= 11 is 12.2. The molecular formula is C22H21Cl2NO. The van der Waals surface area contributed by atoms with Crippen molar-refractivity contribution in [2.75, 3.05) is 0 Å². The van der Waals surface area contributed by atoms with Gasteiger partial charge in [-0.15, -0.1) is 0 Å². The molecule has 0 bridgehead atoms. The van der Waals surface area contributed by atoms with Gasteiger partial charge in [0.05, 0.1) is 0 Å². The maximum atomic E-state index is 6.19. The van der Waals surface area contributed by atoms with Crippen LogP contribution in [0.15, 0.2) is 72.8 Å². The molecular weight excluding hydrogens is 365 g/mol. The zero-order valence-corrected chi connectivity index (χ0v) is 16.1. The molecule has 0 unspecified atom stereocenters. The number of ether oxygens (including phenoxy) is 1. The quantitative estimate of drug-likeness (QED) is 0.506. The molecule has 0 aliphatic carbocycles. The molecule has 0 radical (unpaired) electrons. The molecule has 134 valence electrons. The van der Waals surface area contributed by atoms with Crippen LogP contribution in [0.2, 0.25) is 10.0 Å². The monoisotopic (exact) mass is 385 g/mol. The fourth-order valence-electron chi connectivity index (χ4n) is 2.74. The number of hydrogen-bond donors (Lipinski definition) is 1. The molecule has 4 heteroatoms. The molecule has 0 amide bonds. The average molecular weight is 386 g/mol.